The minimum Gasteiger partial charge on any atom is -0.357 e. The zero-order valence-electron chi connectivity index (χ0n) is 12.8. The molecule has 0 spiro atoms. The van der Waals surface area contributed by atoms with E-state index in [1.54, 1.807) is 11.3 Å². The monoisotopic (exact) mass is 428 g/mol. The molecular weight excluding hydrogens is 403 g/mol. The van der Waals surface area contributed by atoms with Gasteiger partial charge in [-0.2, -0.15) is 11.8 Å². The van der Waals surface area contributed by atoms with Gasteiger partial charge in [-0.15, -0.1) is 35.3 Å². The Morgan fingerprint density at radius 1 is 1.45 bits per heavy atom. The summed E-state index contributed by atoms with van der Waals surface area (Å²) in [5, 5.41) is 6.67. The minimum absolute atomic E-state index is 0. The van der Waals surface area contributed by atoms with Crippen molar-refractivity contribution in [1.29, 1.82) is 0 Å². The Bertz CT molecular complexity index is 418. The third-order valence-corrected chi connectivity index (χ3v) is 4.97. The van der Waals surface area contributed by atoms with Crippen molar-refractivity contribution in [2.75, 3.05) is 19.3 Å². The molecule has 0 aliphatic carbocycles. The van der Waals surface area contributed by atoms with Crippen LogP contribution < -0.4 is 10.6 Å². The molecule has 0 atom stereocenters. The van der Waals surface area contributed by atoms with Crippen LogP contribution in [-0.4, -0.2) is 35.0 Å². The van der Waals surface area contributed by atoms with Crippen molar-refractivity contribution in [2.45, 2.75) is 39.0 Å². The highest BCUT2D eigenvalue weighted by Gasteiger charge is 2.16. The fraction of sp³-hybridized carbons (Fsp3) is 0.692. The van der Waals surface area contributed by atoms with E-state index in [9.17, 15) is 0 Å². The molecule has 0 fully saturated rings. The number of aliphatic imine (C=N–C) groups is 1. The largest absolute Gasteiger partial charge is 0.357 e. The van der Waals surface area contributed by atoms with E-state index in [1.165, 1.54) is 4.88 Å². The molecule has 4 nitrogen and oxygen atoms in total. The van der Waals surface area contributed by atoms with Gasteiger partial charge in [-0.25, -0.2) is 9.98 Å². The highest BCUT2D eigenvalue weighted by atomic mass is 127. The Hall–Kier alpha value is -0.0200. The number of nitrogens with one attached hydrogen (secondary N) is 2. The number of aryl methyl sites for hydroxylation is 1. The molecule has 0 saturated heterocycles. The molecule has 0 bridgehead atoms. The highest BCUT2D eigenvalue weighted by molar-refractivity contribution is 14.0. The number of guanidine groups is 1. The van der Waals surface area contributed by atoms with E-state index in [-0.39, 0.29) is 28.7 Å². The van der Waals surface area contributed by atoms with Crippen LogP contribution >= 0.6 is 47.1 Å². The lowest BCUT2D eigenvalue weighted by molar-refractivity contribution is 0.665. The van der Waals surface area contributed by atoms with Crippen LogP contribution in [0.25, 0.3) is 0 Å². The molecule has 116 valence electrons. The summed E-state index contributed by atoms with van der Waals surface area (Å²) in [6.07, 6.45) is 2.13. The lowest BCUT2D eigenvalue weighted by Crippen LogP contribution is -2.43. The summed E-state index contributed by atoms with van der Waals surface area (Å²) in [7, 11) is 0. The first-order valence-corrected chi connectivity index (χ1v) is 8.55. The molecule has 0 radical (unpaired) electrons. The summed E-state index contributed by atoms with van der Waals surface area (Å²) < 4.78 is 0.205. The Labute approximate surface area is 147 Å². The standard InChI is InChI=1S/C13H24N4S2.HI/c1-6-14-12(16-8-13(3,4)18-5)15-7-11-10(2)17-9-19-11;/h9H,6-8H2,1-5H3,(H2,14,15,16);1H. The quantitative estimate of drug-likeness (QED) is 0.415. The number of nitrogens with zero attached hydrogens (tertiary/aromatic N) is 2. The van der Waals surface area contributed by atoms with Crippen LogP contribution in [0.4, 0.5) is 0 Å². The maximum absolute atomic E-state index is 4.61. The van der Waals surface area contributed by atoms with Gasteiger partial charge in [0.15, 0.2) is 5.96 Å². The minimum atomic E-state index is 0. The van der Waals surface area contributed by atoms with Crippen molar-refractivity contribution in [2.24, 2.45) is 4.99 Å². The second-order valence-electron chi connectivity index (χ2n) is 4.87. The van der Waals surface area contributed by atoms with Gasteiger partial charge in [-0.3, -0.25) is 0 Å². The second kappa shape index (κ2) is 9.83. The molecule has 2 N–H and O–H groups in total. The molecule has 0 saturated carbocycles. The molecule has 20 heavy (non-hydrogen) atoms. The summed E-state index contributed by atoms with van der Waals surface area (Å²) in [5.74, 6) is 0.873. The first-order chi connectivity index (χ1) is 8.98. The average Bonchev–Trinajstić information content (AvgIpc) is 2.78. The zero-order valence-corrected chi connectivity index (χ0v) is 16.8. The number of hydrogen-bond donors (Lipinski definition) is 2. The molecule has 0 aliphatic rings. The molecule has 0 amide bonds. The number of hydrogen-bond acceptors (Lipinski definition) is 4. The van der Waals surface area contributed by atoms with Gasteiger partial charge in [0.1, 0.15) is 0 Å². The summed E-state index contributed by atoms with van der Waals surface area (Å²) in [5.41, 5.74) is 2.95. The molecule has 1 aromatic rings. The number of thioether (sulfide) groups is 1. The molecule has 0 aromatic carbocycles. The van der Waals surface area contributed by atoms with E-state index in [0.717, 1.165) is 24.7 Å². The van der Waals surface area contributed by atoms with E-state index in [4.69, 9.17) is 0 Å². The van der Waals surface area contributed by atoms with E-state index in [0.29, 0.717) is 6.54 Å². The van der Waals surface area contributed by atoms with Crippen molar-refractivity contribution < 1.29 is 0 Å². The van der Waals surface area contributed by atoms with E-state index >= 15 is 0 Å². The third kappa shape index (κ3) is 7.12. The summed E-state index contributed by atoms with van der Waals surface area (Å²) >= 11 is 3.51. The number of halogens is 1. The van der Waals surface area contributed by atoms with Crippen LogP contribution in [0.2, 0.25) is 0 Å². The first kappa shape index (κ1) is 20.0. The van der Waals surface area contributed by atoms with Crippen LogP contribution in [0, 0.1) is 6.92 Å². The van der Waals surface area contributed by atoms with Gasteiger partial charge in [0.05, 0.1) is 17.7 Å². The van der Waals surface area contributed by atoms with Gasteiger partial charge in [0, 0.05) is 22.7 Å². The van der Waals surface area contributed by atoms with E-state index < -0.39 is 0 Å². The summed E-state index contributed by atoms with van der Waals surface area (Å²) in [4.78, 5) is 10.1. The smallest absolute Gasteiger partial charge is 0.191 e. The van der Waals surface area contributed by atoms with Crippen LogP contribution in [-0.2, 0) is 6.54 Å². The third-order valence-electron chi connectivity index (χ3n) is 2.80. The van der Waals surface area contributed by atoms with Gasteiger partial charge in [-0.1, -0.05) is 0 Å². The molecule has 1 heterocycles. The van der Waals surface area contributed by atoms with Crippen molar-refractivity contribution in [3.63, 3.8) is 0 Å². The molecule has 1 rings (SSSR count). The second-order valence-corrected chi connectivity index (χ2v) is 7.33. The summed E-state index contributed by atoms with van der Waals surface area (Å²) in [6.45, 7) is 11.0. The highest BCUT2D eigenvalue weighted by Crippen LogP contribution is 2.19. The predicted octanol–water partition coefficient (Wildman–Crippen LogP) is 3.27. The van der Waals surface area contributed by atoms with Crippen molar-refractivity contribution in [3.05, 3.63) is 16.1 Å². The lowest BCUT2D eigenvalue weighted by Gasteiger charge is -2.23. The molecular formula is C13H25IN4S2. The van der Waals surface area contributed by atoms with Crippen LogP contribution in [0.1, 0.15) is 31.3 Å². The lowest BCUT2D eigenvalue weighted by atomic mass is 10.2. The van der Waals surface area contributed by atoms with Gasteiger partial charge in [0.25, 0.3) is 0 Å². The topological polar surface area (TPSA) is 49.3 Å². The van der Waals surface area contributed by atoms with E-state index in [2.05, 4.69) is 47.6 Å². The Morgan fingerprint density at radius 3 is 2.65 bits per heavy atom. The Kier molecular flexibility index (Phi) is 9.82. The Balaban J connectivity index is 0.00000361. The molecule has 1 aromatic heterocycles. The number of rotatable bonds is 6. The number of aromatic nitrogens is 1. The van der Waals surface area contributed by atoms with Gasteiger partial charge in [-0.05, 0) is 34.0 Å². The van der Waals surface area contributed by atoms with Gasteiger partial charge in [0.2, 0.25) is 0 Å². The first-order valence-electron chi connectivity index (χ1n) is 6.45. The predicted molar refractivity (Wildman–Crippen MR) is 103 cm³/mol. The van der Waals surface area contributed by atoms with Crippen LogP contribution in [0.5, 0.6) is 0 Å². The Morgan fingerprint density at radius 2 is 2.15 bits per heavy atom. The van der Waals surface area contributed by atoms with Crippen molar-refractivity contribution >= 4 is 53.0 Å². The average molecular weight is 428 g/mol. The van der Waals surface area contributed by atoms with Gasteiger partial charge < -0.3 is 10.6 Å². The summed E-state index contributed by atoms with van der Waals surface area (Å²) in [6, 6.07) is 0. The molecule has 7 heteroatoms. The normalized spacial score (nSPS) is 11.9. The van der Waals surface area contributed by atoms with E-state index in [1.807, 2.05) is 24.2 Å². The maximum atomic E-state index is 4.61. The maximum Gasteiger partial charge on any atom is 0.191 e. The zero-order chi connectivity index (χ0) is 14.3. The molecule has 0 unspecified atom stereocenters. The fourth-order valence-electron chi connectivity index (χ4n) is 1.34. The SMILES string of the molecule is CCNC(=NCc1scnc1C)NCC(C)(C)SC.I. The van der Waals surface area contributed by atoms with Crippen LogP contribution in [0.3, 0.4) is 0 Å². The van der Waals surface area contributed by atoms with Gasteiger partial charge >= 0.3 is 0 Å². The molecule has 0 aliphatic heterocycles. The van der Waals surface area contributed by atoms with Crippen molar-refractivity contribution in [3.8, 4) is 0 Å². The number of thiazole rings is 1. The van der Waals surface area contributed by atoms with Crippen molar-refractivity contribution in [1.82, 2.24) is 15.6 Å². The fourth-order valence-corrected chi connectivity index (χ4v) is 2.26. The van der Waals surface area contributed by atoms with Crippen LogP contribution in [0.15, 0.2) is 10.5 Å².